The van der Waals surface area contributed by atoms with E-state index in [1.54, 1.807) is 21.9 Å². The second kappa shape index (κ2) is 20.9. The number of aromatic carboxylic acids is 1. The molecule has 6 aromatic rings. The van der Waals surface area contributed by atoms with Gasteiger partial charge in [0.25, 0.3) is 17.7 Å². The maximum atomic E-state index is 15.5. The summed E-state index contributed by atoms with van der Waals surface area (Å²) < 4.78 is 22.8. The molecule has 76 heavy (non-hydrogen) atoms. The van der Waals surface area contributed by atoms with E-state index < -0.39 is 41.5 Å². The zero-order valence-corrected chi connectivity index (χ0v) is 42.5. The van der Waals surface area contributed by atoms with E-state index in [1.807, 2.05) is 72.5 Å². The van der Waals surface area contributed by atoms with Crippen molar-refractivity contribution in [3.63, 3.8) is 0 Å². The van der Waals surface area contributed by atoms with Crippen LogP contribution in [0, 0.1) is 18.7 Å². The summed E-state index contributed by atoms with van der Waals surface area (Å²) in [6.07, 6.45) is 3.27. The largest absolute Gasteiger partial charge is 0.493 e. The van der Waals surface area contributed by atoms with Crippen LogP contribution in [0.1, 0.15) is 90.4 Å². The Hall–Kier alpha value is -8.10. The molecule has 4 aromatic carbocycles. The number of aromatic nitrogens is 2. The molecule has 390 valence electrons. The minimum atomic E-state index is -1.16. The monoisotopic (exact) mass is 1050 g/mol. The highest BCUT2D eigenvalue weighted by molar-refractivity contribution is 7.22. The number of nitrogens with zero attached hydrogens (tertiary/aromatic N) is 7. The van der Waals surface area contributed by atoms with Gasteiger partial charge >= 0.3 is 5.97 Å². The Bertz CT molecular complexity index is 3340. The highest BCUT2D eigenvalue weighted by atomic mass is 32.1. The molecule has 0 spiro atoms. The number of likely N-dealkylation sites (tertiary alicyclic amines) is 1. The van der Waals surface area contributed by atoms with E-state index in [0.29, 0.717) is 91.6 Å². The molecule has 11 rings (SSSR count). The second-order valence-corrected chi connectivity index (χ2v) is 20.9. The zero-order chi connectivity index (χ0) is 52.8. The number of carboxylic acid groups (broad SMARTS) is 1. The van der Waals surface area contributed by atoms with Crippen LogP contribution in [-0.4, -0.2) is 136 Å². The number of para-hydroxylation sites is 1. The van der Waals surface area contributed by atoms with Gasteiger partial charge in [0.15, 0.2) is 10.8 Å². The average Bonchev–Trinajstić information content (AvgIpc) is 4.13. The number of benzene rings is 4. The number of halogens is 1. The maximum Gasteiger partial charge on any atom is 0.355 e. The second-order valence-electron chi connectivity index (χ2n) is 19.9. The number of nitrogens with one attached hydrogen (secondary N) is 2. The Morgan fingerprint density at radius 1 is 0.829 bits per heavy atom. The number of carboxylic acids is 1. The quantitative estimate of drug-likeness (QED) is 0.0780. The lowest BCUT2D eigenvalue weighted by molar-refractivity contribution is -0.136. The Kier molecular flexibility index (Phi) is 13.8. The van der Waals surface area contributed by atoms with Gasteiger partial charge in [-0.05, 0) is 122 Å². The first-order valence-electron chi connectivity index (χ1n) is 25.6. The molecule has 7 heterocycles. The van der Waals surface area contributed by atoms with Gasteiger partial charge in [0.1, 0.15) is 23.4 Å². The minimum absolute atomic E-state index is 0.000329. The van der Waals surface area contributed by atoms with Crippen LogP contribution in [-0.2, 0) is 27.3 Å². The van der Waals surface area contributed by atoms with E-state index in [9.17, 15) is 38.7 Å². The van der Waals surface area contributed by atoms with E-state index in [-0.39, 0.29) is 53.7 Å². The number of thiazole rings is 1. The zero-order valence-electron chi connectivity index (χ0n) is 41.7. The van der Waals surface area contributed by atoms with Crippen LogP contribution >= 0.6 is 11.3 Å². The Labute approximate surface area is 440 Å². The molecule has 18 nitrogen and oxygen atoms in total. The summed E-state index contributed by atoms with van der Waals surface area (Å²) in [4.78, 5) is 108. The van der Waals surface area contributed by atoms with Crippen molar-refractivity contribution in [3.8, 4) is 16.9 Å². The molecule has 3 N–H and O–H groups in total. The van der Waals surface area contributed by atoms with Crippen molar-refractivity contribution in [1.29, 1.82) is 0 Å². The van der Waals surface area contributed by atoms with E-state index in [4.69, 9.17) is 9.72 Å². The third kappa shape index (κ3) is 9.85. The number of fused-ring (bicyclic) bond motifs is 3. The van der Waals surface area contributed by atoms with Gasteiger partial charge in [-0.3, -0.25) is 49.2 Å². The Morgan fingerprint density at radius 3 is 2.41 bits per heavy atom. The lowest BCUT2D eigenvalue weighted by Gasteiger charge is -2.37. The number of carbonyl (C=O) groups excluding carboxylic acids is 6. The van der Waals surface area contributed by atoms with Gasteiger partial charge in [0.2, 0.25) is 17.7 Å². The van der Waals surface area contributed by atoms with Crippen LogP contribution in [0.3, 0.4) is 0 Å². The molecule has 0 bridgehead atoms. The molecule has 6 amide bonds. The number of piperazine rings is 1. The average molecular weight is 1050 g/mol. The number of imide groups is 2. The molecule has 2 aromatic heterocycles. The van der Waals surface area contributed by atoms with Gasteiger partial charge in [-0.25, -0.2) is 19.2 Å². The predicted molar refractivity (Wildman–Crippen MR) is 281 cm³/mol. The van der Waals surface area contributed by atoms with E-state index in [0.717, 1.165) is 70.2 Å². The number of hydrogen-bond acceptors (Lipinski definition) is 14. The van der Waals surface area contributed by atoms with Crippen molar-refractivity contribution in [2.24, 2.45) is 5.92 Å². The van der Waals surface area contributed by atoms with Crippen LogP contribution in [0.5, 0.6) is 5.75 Å². The van der Waals surface area contributed by atoms with E-state index >= 15 is 4.39 Å². The van der Waals surface area contributed by atoms with E-state index in [2.05, 4.69) is 20.5 Å². The van der Waals surface area contributed by atoms with Crippen LogP contribution in [0.4, 0.5) is 21.0 Å². The SMILES string of the molecule is Cc1c(OCCC[C@H]2CCN(CC(=O)N3CCN(c4cc5c(cc4F)C(=O)N(C4CCC(=O)NC4=O)C5=O)CC3)C2)cccc1-c1ccc(N2CCc3cccc(C(=O)Nc4nc5ccccc5s4)c3C2)nc1C(=O)O. The molecule has 2 atom stereocenters. The lowest BCUT2D eigenvalue weighted by Crippen LogP contribution is -2.54. The molecular formula is C56H54FN9O9S. The van der Waals surface area contributed by atoms with Crippen molar-refractivity contribution < 1.29 is 47.8 Å². The third-order valence-electron chi connectivity index (χ3n) is 15.2. The highest BCUT2D eigenvalue weighted by Gasteiger charge is 2.45. The number of ether oxygens (including phenoxy) is 1. The van der Waals surface area contributed by atoms with Crippen molar-refractivity contribution in [1.82, 2.24) is 30.0 Å². The van der Waals surface area contributed by atoms with Gasteiger partial charge in [0.05, 0.1) is 40.2 Å². The number of anilines is 3. The molecular weight excluding hydrogens is 994 g/mol. The summed E-state index contributed by atoms with van der Waals surface area (Å²) in [6, 6.07) is 23.9. The van der Waals surface area contributed by atoms with Crippen molar-refractivity contribution >= 4 is 79.6 Å². The smallest absolute Gasteiger partial charge is 0.355 e. The Morgan fingerprint density at radius 2 is 1.62 bits per heavy atom. The third-order valence-corrected chi connectivity index (χ3v) is 16.2. The number of rotatable bonds is 14. The van der Waals surface area contributed by atoms with Crippen LogP contribution in [0.25, 0.3) is 21.3 Å². The summed E-state index contributed by atoms with van der Waals surface area (Å²) in [5, 5.41) is 16.1. The molecule has 5 aliphatic rings. The Balaban J connectivity index is 0.653. The molecule has 20 heteroatoms. The topological polar surface area (TPSA) is 215 Å². The summed E-state index contributed by atoms with van der Waals surface area (Å²) >= 11 is 1.41. The summed E-state index contributed by atoms with van der Waals surface area (Å²) in [5.74, 6) is -3.27. The van der Waals surface area contributed by atoms with Gasteiger partial charge in [0, 0.05) is 63.4 Å². The van der Waals surface area contributed by atoms with Gasteiger partial charge in [-0.1, -0.05) is 47.7 Å². The summed E-state index contributed by atoms with van der Waals surface area (Å²) in [7, 11) is 0. The number of amides is 6. The first kappa shape index (κ1) is 50.1. The molecule has 3 fully saturated rings. The first-order valence-corrected chi connectivity index (χ1v) is 26.4. The van der Waals surface area contributed by atoms with Gasteiger partial charge in [-0.15, -0.1) is 0 Å². The molecule has 0 saturated carbocycles. The van der Waals surface area contributed by atoms with Crippen molar-refractivity contribution in [2.75, 3.05) is 74.1 Å². The van der Waals surface area contributed by atoms with Gasteiger partial charge in [-0.2, -0.15) is 0 Å². The van der Waals surface area contributed by atoms with Crippen molar-refractivity contribution in [3.05, 3.63) is 130 Å². The fourth-order valence-electron chi connectivity index (χ4n) is 11.2. The summed E-state index contributed by atoms with van der Waals surface area (Å²) in [5.41, 5.74) is 5.18. The molecule has 3 saturated heterocycles. The standard InChI is InChI=1S/C56H54FN9O9S/c1-32-35(36-14-16-47(59-50(36)55(73)74)65-21-19-34-8-4-10-37(40(34)30-65)51(69)61-56-58-42-11-2-3-13-46(42)76-56)9-5-12-45(32)75-26-6-7-33-18-20-62(29-33)31-49(68)64-24-22-63(23-25-64)44-28-39-38(27-41(44)57)53(71)66(54(39)72)43-15-17-48(67)60-52(43)70/h2-5,8-14,16,27-28,33,43H,6-7,15,17-26,29-31H2,1H3,(H,73,74)(H,58,61,69)(H,60,67,70)/t33-,43?/m0/s1. The molecule has 1 unspecified atom stereocenters. The fraction of sp³-hybridized carbons (Fsp3) is 0.339. The minimum Gasteiger partial charge on any atom is -0.493 e. The van der Waals surface area contributed by atoms with E-state index in [1.165, 1.54) is 17.4 Å². The molecule has 0 radical (unpaired) electrons. The van der Waals surface area contributed by atoms with Crippen LogP contribution in [0.2, 0.25) is 0 Å². The van der Waals surface area contributed by atoms with Crippen molar-refractivity contribution in [2.45, 2.75) is 58.0 Å². The molecule has 5 aliphatic heterocycles. The number of hydrogen-bond donors (Lipinski definition) is 3. The first-order chi connectivity index (χ1) is 36.8. The van der Waals surface area contributed by atoms with Crippen LogP contribution in [0.15, 0.2) is 84.9 Å². The predicted octanol–water partition coefficient (Wildman–Crippen LogP) is 6.55. The fourth-order valence-corrected chi connectivity index (χ4v) is 12.1. The number of piperidine rings is 1. The molecule has 0 aliphatic carbocycles. The maximum absolute atomic E-state index is 15.5. The normalized spacial score (nSPS) is 18.8. The lowest BCUT2D eigenvalue weighted by atomic mass is 9.94. The van der Waals surface area contributed by atoms with Gasteiger partial charge < -0.3 is 24.5 Å². The summed E-state index contributed by atoms with van der Waals surface area (Å²) in [6.45, 7) is 6.52. The van der Waals surface area contributed by atoms with Crippen LogP contribution < -0.4 is 25.2 Å². The highest BCUT2D eigenvalue weighted by Crippen LogP contribution is 2.37. The number of carbonyl (C=O) groups is 7. The number of pyridine rings is 1.